The van der Waals surface area contributed by atoms with Gasteiger partial charge in [0.2, 0.25) is 23.7 Å². The average Bonchev–Trinajstić information content (AvgIpc) is 4.44. The van der Waals surface area contributed by atoms with E-state index in [1.807, 2.05) is 56.0 Å². The maximum absolute atomic E-state index is 13.2. The van der Waals surface area contributed by atoms with Gasteiger partial charge in [-0.3, -0.25) is 24.1 Å². The molecule has 6 aliphatic rings. The molecule has 0 spiro atoms. The summed E-state index contributed by atoms with van der Waals surface area (Å²) in [6, 6.07) is 11.5. The minimum Gasteiger partial charge on any atom is -0.444 e. The third-order valence-electron chi connectivity index (χ3n) is 16.6. The van der Waals surface area contributed by atoms with Crippen molar-refractivity contribution in [2.75, 3.05) is 61.7 Å². The number of anilines is 6. The van der Waals surface area contributed by atoms with Crippen LogP contribution in [0.4, 0.5) is 39.7 Å². The lowest BCUT2D eigenvalue weighted by Gasteiger charge is -2.31. The number of aromatic nitrogens is 8. The van der Waals surface area contributed by atoms with Crippen molar-refractivity contribution in [3.05, 3.63) is 72.6 Å². The topological polar surface area (TPSA) is 222 Å². The third kappa shape index (κ3) is 11.2. The third-order valence-corrected chi connectivity index (χ3v) is 16.6. The molecule has 9 heterocycles. The van der Waals surface area contributed by atoms with Crippen molar-refractivity contribution in [2.24, 2.45) is 11.8 Å². The highest BCUT2D eigenvalue weighted by atomic mass is 16.6. The van der Waals surface area contributed by atoms with Gasteiger partial charge >= 0.3 is 6.09 Å². The van der Waals surface area contributed by atoms with E-state index in [-0.39, 0.29) is 60.3 Å². The number of nitrogens with one attached hydrogen (secondary N) is 2. The fourth-order valence-electron chi connectivity index (χ4n) is 12.8. The Hall–Kier alpha value is -7.71. The lowest BCUT2D eigenvalue weighted by molar-refractivity contribution is -0.120. The quantitative estimate of drug-likeness (QED) is 0.130. The Labute approximate surface area is 460 Å². The molecular weight excluding hydrogens is 1000 g/mol. The van der Waals surface area contributed by atoms with Gasteiger partial charge in [-0.1, -0.05) is 25.7 Å². The van der Waals surface area contributed by atoms with Gasteiger partial charge < -0.3 is 44.1 Å². The molecule has 79 heavy (non-hydrogen) atoms. The number of rotatable bonds is 10. The number of carbonyl (C=O) groups is 5. The van der Waals surface area contributed by atoms with Crippen molar-refractivity contribution in [2.45, 2.75) is 147 Å². The number of carbonyl (C=O) groups excluding carboxylic acids is 5. The molecule has 3 aliphatic carbocycles. The average molecular weight is 1080 g/mol. The maximum Gasteiger partial charge on any atom is 0.410 e. The Morgan fingerprint density at radius 1 is 0.570 bits per heavy atom. The summed E-state index contributed by atoms with van der Waals surface area (Å²) in [4.78, 5) is 101. The van der Waals surface area contributed by atoms with Crippen LogP contribution in [0.1, 0.15) is 150 Å². The largest absolute Gasteiger partial charge is 0.444 e. The molecule has 0 radical (unpaired) electrons. The van der Waals surface area contributed by atoms with Gasteiger partial charge in [-0.05, 0) is 127 Å². The second-order valence-corrected chi connectivity index (χ2v) is 23.8. The molecule has 3 saturated carbocycles. The van der Waals surface area contributed by atoms with Crippen molar-refractivity contribution in [3.8, 4) is 0 Å². The summed E-state index contributed by atoms with van der Waals surface area (Å²) in [5.41, 5.74) is 3.70. The zero-order valence-electron chi connectivity index (χ0n) is 46.5. The zero-order valence-corrected chi connectivity index (χ0v) is 46.5. The van der Waals surface area contributed by atoms with Gasteiger partial charge in [-0.25, -0.2) is 24.7 Å². The van der Waals surface area contributed by atoms with E-state index < -0.39 is 5.60 Å². The van der Waals surface area contributed by atoms with Gasteiger partial charge in [0.25, 0.3) is 11.8 Å². The summed E-state index contributed by atoms with van der Waals surface area (Å²) in [7, 11) is 7.06. The molecule has 4 unspecified atom stereocenters. The highest BCUT2D eigenvalue weighted by molar-refractivity contribution is 5.99. The van der Waals surface area contributed by atoms with E-state index in [0.29, 0.717) is 65.4 Å². The number of pyridine rings is 2. The van der Waals surface area contributed by atoms with Crippen molar-refractivity contribution < 1.29 is 28.7 Å². The molecule has 6 aromatic rings. The standard InChI is InChI=1S/C31H40N8O4.C27H33N7O2/c1-31(2,3)43-30(42)38-21-10-11-23(38)18-37(26(40)15-21)22-12-13-25(32-17-22)34-29-33-16-19-14-24(28(41)36(4)5)39(27(19)35-29)20-8-6-7-9-20;1-32(2)26(36)22-13-19-14-29-27(31-25(19)34(22)20-5-3-4-6-20)30-23-10-9-21(15-28-23)33-16-18-8-7-17(11-18)12-24(33)35/h12-14,16-17,20-21,23H,6-11,15,18H2,1-5H3,(H,32,33,34,35);9-10,13-15,17-18,20H,3-8,11-12,16H2,1-2H3,(H,28,29,30,31). The summed E-state index contributed by atoms with van der Waals surface area (Å²) in [6.45, 7) is 6.74. The van der Waals surface area contributed by atoms with E-state index >= 15 is 0 Å². The summed E-state index contributed by atoms with van der Waals surface area (Å²) in [6.07, 6.45) is 21.3. The van der Waals surface area contributed by atoms with Gasteiger partial charge in [0, 0.05) is 95.4 Å². The highest BCUT2D eigenvalue weighted by Crippen LogP contribution is 2.40. The normalized spacial score (nSPS) is 21.5. The number of amides is 5. The van der Waals surface area contributed by atoms with Gasteiger partial charge in [-0.2, -0.15) is 9.97 Å². The molecule has 416 valence electrons. The van der Waals surface area contributed by atoms with Gasteiger partial charge in [0.05, 0.1) is 29.8 Å². The summed E-state index contributed by atoms with van der Waals surface area (Å²) in [5.74, 6) is 3.20. The van der Waals surface area contributed by atoms with Crippen LogP contribution in [0.5, 0.6) is 0 Å². The minimum atomic E-state index is -0.598. The van der Waals surface area contributed by atoms with Crippen LogP contribution in [-0.4, -0.2) is 142 Å². The lowest BCUT2D eigenvalue weighted by atomic mass is 10.0. The molecule has 3 aliphatic heterocycles. The Morgan fingerprint density at radius 2 is 1.05 bits per heavy atom. The molecule has 12 rings (SSSR count). The van der Waals surface area contributed by atoms with E-state index in [2.05, 4.69) is 39.7 Å². The van der Waals surface area contributed by atoms with Crippen LogP contribution in [0.3, 0.4) is 0 Å². The minimum absolute atomic E-state index is 0.0251. The Morgan fingerprint density at radius 3 is 1.53 bits per heavy atom. The van der Waals surface area contributed by atoms with Gasteiger partial charge in [0.15, 0.2) is 0 Å². The Balaban J connectivity index is 0.000000170. The van der Waals surface area contributed by atoms with Crippen LogP contribution >= 0.6 is 0 Å². The molecule has 5 amide bonds. The van der Waals surface area contributed by atoms with Crippen LogP contribution in [0.25, 0.3) is 22.1 Å². The summed E-state index contributed by atoms with van der Waals surface area (Å²) < 4.78 is 9.83. The van der Waals surface area contributed by atoms with Crippen LogP contribution in [0.15, 0.2) is 61.2 Å². The summed E-state index contributed by atoms with van der Waals surface area (Å²) >= 11 is 0. The lowest BCUT2D eigenvalue weighted by Crippen LogP contribution is -2.45. The zero-order chi connectivity index (χ0) is 55.3. The van der Waals surface area contributed by atoms with Crippen LogP contribution in [0.2, 0.25) is 0 Å². The first kappa shape index (κ1) is 53.3. The van der Waals surface area contributed by atoms with Crippen LogP contribution < -0.4 is 20.4 Å². The summed E-state index contributed by atoms with van der Waals surface area (Å²) in [5, 5.41) is 8.07. The molecule has 4 atom stereocenters. The molecule has 0 aromatic carbocycles. The molecule has 6 fully saturated rings. The predicted octanol–water partition coefficient (Wildman–Crippen LogP) is 9.43. The molecule has 21 heteroatoms. The monoisotopic (exact) mass is 1080 g/mol. The number of nitrogens with zero attached hydrogens (tertiary/aromatic N) is 13. The second kappa shape index (κ2) is 21.8. The second-order valence-electron chi connectivity index (χ2n) is 23.8. The van der Waals surface area contributed by atoms with Gasteiger partial charge in [-0.15, -0.1) is 0 Å². The number of hydrogen-bond donors (Lipinski definition) is 2. The highest BCUT2D eigenvalue weighted by Gasteiger charge is 2.45. The molecule has 21 nitrogen and oxygen atoms in total. The first-order valence-electron chi connectivity index (χ1n) is 28.2. The first-order valence-corrected chi connectivity index (χ1v) is 28.2. The van der Waals surface area contributed by atoms with E-state index in [4.69, 9.17) is 14.7 Å². The smallest absolute Gasteiger partial charge is 0.410 e. The molecule has 6 aromatic heterocycles. The van der Waals surface area contributed by atoms with E-state index in [1.54, 1.807) is 78.6 Å². The molecular formula is C58H73N15O6. The Kier molecular flexibility index (Phi) is 14.7. The maximum atomic E-state index is 13.2. The number of ether oxygens (including phenoxy) is 1. The van der Waals surface area contributed by atoms with E-state index in [1.165, 1.54) is 19.3 Å². The molecule has 2 N–H and O–H groups in total. The first-order chi connectivity index (χ1) is 37.9. The van der Waals surface area contributed by atoms with Crippen molar-refractivity contribution >= 4 is 86.7 Å². The Bertz CT molecular complexity index is 3260. The SMILES string of the molecule is CN(C)C(=O)c1cc2cnc(Nc3ccc(N4CC5CCC(CC4=O)C5)cn3)nc2n1C1CCCC1.CN(C)C(=O)c1cc2cnc(Nc3ccc(N4CC5CCC(CC4=O)N5C(=O)OC(C)(C)C)cn3)nc2n1C1CCCC1. The van der Waals surface area contributed by atoms with Crippen LogP contribution in [-0.2, 0) is 14.3 Å². The number of hydrogen-bond acceptors (Lipinski definition) is 14. The fourth-order valence-corrected chi connectivity index (χ4v) is 12.8. The van der Waals surface area contributed by atoms with E-state index in [0.717, 1.165) is 98.5 Å². The number of fused-ring (bicyclic) bond motifs is 6. The van der Waals surface area contributed by atoms with Crippen LogP contribution in [0, 0.1) is 11.8 Å². The van der Waals surface area contributed by atoms with Crippen molar-refractivity contribution in [1.82, 2.24) is 53.7 Å². The van der Waals surface area contributed by atoms with Crippen molar-refractivity contribution in [1.29, 1.82) is 0 Å². The van der Waals surface area contributed by atoms with Crippen molar-refractivity contribution in [3.63, 3.8) is 0 Å². The predicted molar refractivity (Wildman–Crippen MR) is 301 cm³/mol. The van der Waals surface area contributed by atoms with Gasteiger partial charge in [0.1, 0.15) is 39.9 Å². The molecule has 3 saturated heterocycles. The van der Waals surface area contributed by atoms with E-state index in [9.17, 15) is 24.0 Å². The molecule has 4 bridgehead atoms. The fraction of sp³-hybridized carbons (Fsp3) is 0.534.